The molecule has 0 unspecified atom stereocenters. The Bertz CT molecular complexity index is 1330. The molecule has 144 valence electrons. The molecule has 2 aromatic carbocycles. The molecular weight excluding hydrogens is 400 g/mol. The van der Waals surface area contributed by atoms with E-state index >= 15 is 0 Å². The zero-order valence-corrected chi connectivity index (χ0v) is 17.6. The Morgan fingerprint density at radius 1 is 1.07 bits per heavy atom. The van der Waals surface area contributed by atoms with Gasteiger partial charge in [-0.3, -0.25) is 4.40 Å². The SMILES string of the molecule is COc1cccc(-c2nc(CSc3nnc4cc(C)c5ccccc5n34)cs2)c1. The summed E-state index contributed by atoms with van der Waals surface area (Å²) in [5.74, 6) is 1.58. The molecule has 7 heteroatoms. The lowest BCUT2D eigenvalue weighted by Gasteiger charge is -2.06. The maximum absolute atomic E-state index is 5.32. The Hall–Kier alpha value is -2.90. The molecule has 0 spiro atoms. The van der Waals surface area contributed by atoms with Crippen LogP contribution in [0.3, 0.4) is 0 Å². The molecule has 0 fully saturated rings. The number of hydrogen-bond acceptors (Lipinski definition) is 6. The second kappa shape index (κ2) is 7.50. The number of nitrogens with zero attached hydrogens (tertiary/aromatic N) is 4. The molecule has 5 rings (SSSR count). The number of fused-ring (bicyclic) bond motifs is 3. The molecule has 0 atom stereocenters. The van der Waals surface area contributed by atoms with Crippen LogP contribution in [0.25, 0.3) is 27.1 Å². The smallest absolute Gasteiger partial charge is 0.196 e. The number of hydrogen-bond donors (Lipinski definition) is 0. The number of para-hydroxylation sites is 1. The Labute approximate surface area is 176 Å². The summed E-state index contributed by atoms with van der Waals surface area (Å²) in [4.78, 5) is 4.80. The molecule has 0 amide bonds. The van der Waals surface area contributed by atoms with E-state index in [0.717, 1.165) is 44.1 Å². The monoisotopic (exact) mass is 418 g/mol. The van der Waals surface area contributed by atoms with Crippen molar-refractivity contribution < 1.29 is 4.74 Å². The summed E-state index contributed by atoms with van der Waals surface area (Å²) in [5.41, 5.74) is 5.31. The molecule has 0 saturated carbocycles. The van der Waals surface area contributed by atoms with Gasteiger partial charge in [-0.15, -0.1) is 21.5 Å². The van der Waals surface area contributed by atoms with Crippen LogP contribution in [-0.2, 0) is 5.75 Å². The zero-order valence-electron chi connectivity index (χ0n) is 16.0. The van der Waals surface area contributed by atoms with Gasteiger partial charge in [0.05, 0.1) is 18.3 Å². The molecule has 3 heterocycles. The summed E-state index contributed by atoms with van der Waals surface area (Å²) < 4.78 is 7.45. The van der Waals surface area contributed by atoms with Gasteiger partial charge in [-0.2, -0.15) is 0 Å². The minimum absolute atomic E-state index is 0.740. The number of methoxy groups -OCH3 is 1. The van der Waals surface area contributed by atoms with Crippen LogP contribution in [0, 0.1) is 6.92 Å². The summed E-state index contributed by atoms with van der Waals surface area (Å²) >= 11 is 3.30. The van der Waals surface area contributed by atoms with Gasteiger partial charge in [0.1, 0.15) is 10.8 Å². The zero-order chi connectivity index (χ0) is 19.8. The Kier molecular flexibility index (Phi) is 4.69. The van der Waals surface area contributed by atoms with Gasteiger partial charge in [0, 0.05) is 22.1 Å². The van der Waals surface area contributed by atoms with E-state index in [1.807, 2.05) is 18.2 Å². The number of rotatable bonds is 5. The molecule has 0 radical (unpaired) electrons. The number of aromatic nitrogens is 4. The summed E-state index contributed by atoms with van der Waals surface area (Å²) in [6, 6.07) is 18.4. The van der Waals surface area contributed by atoms with Crippen molar-refractivity contribution >= 4 is 39.6 Å². The number of pyridine rings is 1. The van der Waals surface area contributed by atoms with E-state index in [0.29, 0.717) is 0 Å². The maximum atomic E-state index is 5.32. The number of thiazole rings is 1. The molecular formula is C22H18N4OS2. The molecule has 5 nitrogen and oxygen atoms in total. The van der Waals surface area contributed by atoms with Crippen LogP contribution in [0.15, 0.2) is 65.1 Å². The van der Waals surface area contributed by atoms with Gasteiger partial charge in [-0.1, -0.05) is 42.1 Å². The number of ether oxygens (including phenoxy) is 1. The summed E-state index contributed by atoms with van der Waals surface area (Å²) in [6.07, 6.45) is 0. The van der Waals surface area contributed by atoms with E-state index in [9.17, 15) is 0 Å². The second-order valence-corrected chi connectivity index (χ2v) is 8.49. The summed E-state index contributed by atoms with van der Waals surface area (Å²) in [6.45, 7) is 2.11. The Balaban J connectivity index is 1.43. The van der Waals surface area contributed by atoms with Gasteiger partial charge in [-0.05, 0) is 36.8 Å². The third-order valence-electron chi connectivity index (χ3n) is 4.79. The third kappa shape index (κ3) is 3.36. The Morgan fingerprint density at radius 2 is 1.97 bits per heavy atom. The average molecular weight is 419 g/mol. The van der Waals surface area contributed by atoms with E-state index in [-0.39, 0.29) is 0 Å². The number of benzene rings is 2. The molecule has 0 N–H and O–H groups in total. The highest BCUT2D eigenvalue weighted by atomic mass is 32.2. The van der Waals surface area contributed by atoms with Gasteiger partial charge in [0.2, 0.25) is 0 Å². The van der Waals surface area contributed by atoms with Crippen molar-refractivity contribution in [1.29, 1.82) is 0 Å². The van der Waals surface area contributed by atoms with Crippen LogP contribution in [0.5, 0.6) is 5.75 Å². The quantitative estimate of drug-likeness (QED) is 0.347. The van der Waals surface area contributed by atoms with E-state index in [4.69, 9.17) is 9.72 Å². The Morgan fingerprint density at radius 3 is 2.86 bits per heavy atom. The standard InChI is InChI=1S/C22H18N4OS2/c1-14-10-20-24-25-22(26(20)19-9-4-3-8-18(14)19)29-13-16-12-28-21(23-16)15-6-5-7-17(11-15)27-2/h3-12H,13H2,1-2H3. The van der Waals surface area contributed by atoms with Crippen LogP contribution in [-0.4, -0.2) is 26.7 Å². The van der Waals surface area contributed by atoms with Crippen molar-refractivity contribution in [1.82, 2.24) is 19.6 Å². The first-order valence-electron chi connectivity index (χ1n) is 9.18. The van der Waals surface area contributed by atoms with Gasteiger partial charge in [0.25, 0.3) is 0 Å². The normalized spacial score (nSPS) is 11.4. The van der Waals surface area contributed by atoms with Crippen molar-refractivity contribution in [2.24, 2.45) is 0 Å². The molecule has 5 aromatic rings. The lowest BCUT2D eigenvalue weighted by atomic mass is 10.1. The minimum atomic E-state index is 0.740. The molecule has 0 aliphatic carbocycles. The van der Waals surface area contributed by atoms with Crippen molar-refractivity contribution in [3.8, 4) is 16.3 Å². The molecule has 0 saturated heterocycles. The van der Waals surface area contributed by atoms with Gasteiger partial charge < -0.3 is 4.74 Å². The molecule has 0 bridgehead atoms. The predicted molar refractivity (Wildman–Crippen MR) is 119 cm³/mol. The van der Waals surface area contributed by atoms with Crippen LogP contribution in [0.4, 0.5) is 0 Å². The summed E-state index contributed by atoms with van der Waals surface area (Å²) in [5, 5.41) is 14.0. The second-order valence-electron chi connectivity index (χ2n) is 6.69. The summed E-state index contributed by atoms with van der Waals surface area (Å²) in [7, 11) is 1.68. The van der Waals surface area contributed by atoms with Gasteiger partial charge in [0.15, 0.2) is 10.8 Å². The topological polar surface area (TPSA) is 52.3 Å². The third-order valence-corrected chi connectivity index (χ3v) is 6.69. The maximum Gasteiger partial charge on any atom is 0.196 e. The number of aryl methyl sites for hydroxylation is 1. The van der Waals surface area contributed by atoms with E-state index < -0.39 is 0 Å². The fourth-order valence-electron chi connectivity index (χ4n) is 3.37. The number of thioether (sulfide) groups is 1. The predicted octanol–water partition coefficient (Wildman–Crippen LogP) is 5.62. The highest BCUT2D eigenvalue weighted by molar-refractivity contribution is 7.98. The largest absolute Gasteiger partial charge is 0.497 e. The first-order valence-corrected chi connectivity index (χ1v) is 11.0. The lowest BCUT2D eigenvalue weighted by Crippen LogP contribution is -1.93. The van der Waals surface area contributed by atoms with E-state index in [1.54, 1.807) is 30.2 Å². The first-order chi connectivity index (χ1) is 14.2. The van der Waals surface area contributed by atoms with Crippen molar-refractivity contribution in [2.45, 2.75) is 17.8 Å². The van der Waals surface area contributed by atoms with Crippen molar-refractivity contribution in [3.63, 3.8) is 0 Å². The van der Waals surface area contributed by atoms with E-state index in [1.165, 1.54) is 10.9 Å². The highest BCUT2D eigenvalue weighted by Gasteiger charge is 2.13. The average Bonchev–Trinajstić information content (AvgIpc) is 3.39. The molecule has 0 aliphatic rings. The molecule has 0 aliphatic heterocycles. The minimum Gasteiger partial charge on any atom is -0.497 e. The van der Waals surface area contributed by atoms with Crippen molar-refractivity contribution in [2.75, 3.05) is 7.11 Å². The van der Waals surface area contributed by atoms with Crippen molar-refractivity contribution in [3.05, 3.63) is 71.2 Å². The van der Waals surface area contributed by atoms with Crippen LogP contribution >= 0.6 is 23.1 Å². The molecule has 3 aromatic heterocycles. The van der Waals surface area contributed by atoms with E-state index in [2.05, 4.69) is 63.3 Å². The van der Waals surface area contributed by atoms with Gasteiger partial charge in [-0.25, -0.2) is 4.98 Å². The highest BCUT2D eigenvalue weighted by Crippen LogP contribution is 2.31. The fraction of sp³-hybridized carbons (Fsp3) is 0.136. The fourth-order valence-corrected chi connectivity index (χ4v) is 5.14. The van der Waals surface area contributed by atoms with Gasteiger partial charge >= 0.3 is 0 Å². The lowest BCUT2D eigenvalue weighted by molar-refractivity contribution is 0.415. The molecule has 29 heavy (non-hydrogen) atoms. The van der Waals surface area contributed by atoms with Crippen LogP contribution in [0.2, 0.25) is 0 Å². The van der Waals surface area contributed by atoms with Crippen LogP contribution in [0.1, 0.15) is 11.3 Å². The van der Waals surface area contributed by atoms with Crippen LogP contribution < -0.4 is 4.74 Å². The first kappa shape index (κ1) is 18.1.